The van der Waals surface area contributed by atoms with Crippen molar-refractivity contribution in [2.75, 3.05) is 7.05 Å². The fraction of sp³-hybridized carbons (Fsp3) is 0.500. The van der Waals surface area contributed by atoms with E-state index < -0.39 is 0 Å². The van der Waals surface area contributed by atoms with Crippen LogP contribution in [0.25, 0.3) is 0 Å². The number of aromatic hydroxyl groups is 1. The smallest absolute Gasteiger partial charge is 0.254 e. The Bertz CT molecular complexity index is 425. The lowest BCUT2D eigenvalue weighted by molar-refractivity contribution is 0.0951. The number of ether oxygens (including phenoxy) is 1. The molecule has 1 aromatic carbocycles. The highest BCUT2D eigenvalue weighted by molar-refractivity contribution is 5.96. The number of nitrogens with one attached hydrogen (secondary N) is 1. The highest BCUT2D eigenvalue weighted by atomic mass is 16.5. The molecule has 0 radical (unpaired) electrons. The third-order valence-corrected chi connectivity index (χ3v) is 3.28. The van der Waals surface area contributed by atoms with E-state index >= 15 is 0 Å². The number of benzene rings is 1. The average Bonchev–Trinajstić information content (AvgIpc) is 2.39. The summed E-state index contributed by atoms with van der Waals surface area (Å²) in [7, 11) is 1.58. The standard InChI is InChI=1S/C14H19NO3/c1-15-14(17)12-8-7-10(16)9-13(12)18-11-5-3-2-4-6-11/h7-9,11,16H,2-6H2,1H3,(H,15,17). The van der Waals surface area contributed by atoms with Crippen molar-refractivity contribution >= 4 is 5.91 Å². The number of hydrogen-bond donors (Lipinski definition) is 2. The van der Waals surface area contributed by atoms with Crippen LogP contribution < -0.4 is 10.1 Å². The van der Waals surface area contributed by atoms with Crippen LogP contribution in [0.15, 0.2) is 18.2 Å². The number of rotatable bonds is 3. The van der Waals surface area contributed by atoms with Gasteiger partial charge in [0.05, 0.1) is 11.7 Å². The quantitative estimate of drug-likeness (QED) is 0.865. The highest BCUT2D eigenvalue weighted by Gasteiger charge is 2.19. The Hall–Kier alpha value is -1.71. The molecule has 2 rings (SSSR count). The first kappa shape index (κ1) is 12.7. The lowest BCUT2D eigenvalue weighted by Gasteiger charge is -2.24. The third kappa shape index (κ3) is 2.94. The Morgan fingerprint density at radius 2 is 2.06 bits per heavy atom. The first-order valence-corrected chi connectivity index (χ1v) is 6.42. The molecule has 1 aliphatic rings. The number of phenols is 1. The van der Waals surface area contributed by atoms with Crippen molar-refractivity contribution in [3.8, 4) is 11.5 Å². The number of phenolic OH excluding ortho intramolecular Hbond substituents is 1. The second-order valence-electron chi connectivity index (χ2n) is 4.64. The van der Waals surface area contributed by atoms with Gasteiger partial charge in [0.15, 0.2) is 0 Å². The van der Waals surface area contributed by atoms with Gasteiger partial charge in [0, 0.05) is 13.1 Å². The van der Waals surface area contributed by atoms with E-state index in [1.807, 2.05) is 0 Å². The van der Waals surface area contributed by atoms with Crippen LogP contribution in [0.1, 0.15) is 42.5 Å². The summed E-state index contributed by atoms with van der Waals surface area (Å²) in [5.74, 6) is 0.399. The first-order valence-electron chi connectivity index (χ1n) is 6.42. The van der Waals surface area contributed by atoms with E-state index in [0.29, 0.717) is 11.3 Å². The molecule has 2 N–H and O–H groups in total. The van der Waals surface area contributed by atoms with Gasteiger partial charge in [0.1, 0.15) is 11.5 Å². The van der Waals surface area contributed by atoms with Crippen molar-refractivity contribution in [1.82, 2.24) is 5.32 Å². The van der Waals surface area contributed by atoms with Crippen LogP contribution in [0.3, 0.4) is 0 Å². The summed E-state index contributed by atoms with van der Waals surface area (Å²) in [5.41, 5.74) is 0.473. The number of carbonyl (C=O) groups is 1. The van der Waals surface area contributed by atoms with Crippen molar-refractivity contribution in [3.63, 3.8) is 0 Å². The maximum absolute atomic E-state index is 11.7. The van der Waals surface area contributed by atoms with Crippen LogP contribution in [0, 0.1) is 0 Å². The van der Waals surface area contributed by atoms with Crippen LogP contribution >= 0.6 is 0 Å². The number of carbonyl (C=O) groups excluding carboxylic acids is 1. The molecule has 1 amide bonds. The van der Waals surface area contributed by atoms with Gasteiger partial charge in [0.2, 0.25) is 0 Å². The van der Waals surface area contributed by atoms with E-state index in [4.69, 9.17) is 4.74 Å². The lowest BCUT2D eigenvalue weighted by Crippen LogP contribution is -2.23. The molecule has 4 heteroatoms. The van der Waals surface area contributed by atoms with E-state index in [1.54, 1.807) is 13.1 Å². The van der Waals surface area contributed by atoms with Crippen molar-refractivity contribution in [2.45, 2.75) is 38.2 Å². The number of hydrogen-bond acceptors (Lipinski definition) is 3. The Balaban J connectivity index is 2.18. The normalized spacial score (nSPS) is 16.3. The molecular formula is C14H19NO3. The largest absolute Gasteiger partial charge is 0.508 e. The van der Waals surface area contributed by atoms with Crippen molar-refractivity contribution < 1.29 is 14.6 Å². The predicted molar refractivity (Wildman–Crippen MR) is 69.0 cm³/mol. The van der Waals surface area contributed by atoms with E-state index in [2.05, 4.69) is 5.32 Å². The highest BCUT2D eigenvalue weighted by Crippen LogP contribution is 2.28. The Labute approximate surface area is 107 Å². The van der Waals surface area contributed by atoms with E-state index in [9.17, 15) is 9.90 Å². The van der Waals surface area contributed by atoms with Gasteiger partial charge in [-0.15, -0.1) is 0 Å². The van der Waals surface area contributed by atoms with Gasteiger partial charge < -0.3 is 15.2 Å². The Morgan fingerprint density at radius 1 is 1.33 bits per heavy atom. The summed E-state index contributed by atoms with van der Waals surface area (Å²) in [6.45, 7) is 0. The van der Waals surface area contributed by atoms with E-state index in [0.717, 1.165) is 12.8 Å². The molecule has 0 unspecified atom stereocenters. The van der Waals surface area contributed by atoms with Crippen LogP contribution in [0.4, 0.5) is 0 Å². The molecule has 0 heterocycles. The zero-order chi connectivity index (χ0) is 13.0. The molecule has 98 valence electrons. The minimum Gasteiger partial charge on any atom is -0.508 e. The number of amides is 1. The van der Waals surface area contributed by atoms with E-state index in [-0.39, 0.29) is 17.8 Å². The van der Waals surface area contributed by atoms with Gasteiger partial charge in [-0.05, 0) is 37.8 Å². The van der Waals surface area contributed by atoms with Crippen molar-refractivity contribution in [2.24, 2.45) is 0 Å². The molecule has 1 fully saturated rings. The molecular weight excluding hydrogens is 230 g/mol. The minimum atomic E-state index is -0.194. The van der Waals surface area contributed by atoms with Gasteiger partial charge in [-0.2, -0.15) is 0 Å². The van der Waals surface area contributed by atoms with Gasteiger partial charge in [-0.1, -0.05) is 6.42 Å². The topological polar surface area (TPSA) is 58.6 Å². The van der Waals surface area contributed by atoms with Gasteiger partial charge >= 0.3 is 0 Å². The van der Waals surface area contributed by atoms with E-state index in [1.165, 1.54) is 31.4 Å². The lowest BCUT2D eigenvalue weighted by atomic mass is 9.97. The summed E-state index contributed by atoms with van der Waals surface area (Å²) in [6, 6.07) is 4.60. The van der Waals surface area contributed by atoms with Crippen LogP contribution in [0.5, 0.6) is 11.5 Å². The molecule has 0 spiro atoms. The summed E-state index contributed by atoms with van der Waals surface area (Å²) in [4.78, 5) is 11.7. The molecule has 0 aromatic heterocycles. The maximum atomic E-state index is 11.7. The minimum absolute atomic E-state index is 0.119. The summed E-state index contributed by atoms with van der Waals surface area (Å²) in [5, 5.41) is 12.1. The van der Waals surface area contributed by atoms with Gasteiger partial charge in [0.25, 0.3) is 5.91 Å². The van der Waals surface area contributed by atoms with Crippen LogP contribution in [0.2, 0.25) is 0 Å². The zero-order valence-corrected chi connectivity index (χ0v) is 10.6. The molecule has 4 nitrogen and oxygen atoms in total. The van der Waals surface area contributed by atoms with Gasteiger partial charge in [-0.3, -0.25) is 4.79 Å². The summed E-state index contributed by atoms with van der Waals surface area (Å²) in [6.07, 6.45) is 5.77. The first-order chi connectivity index (χ1) is 8.70. The maximum Gasteiger partial charge on any atom is 0.254 e. The monoisotopic (exact) mass is 249 g/mol. The molecule has 0 aliphatic heterocycles. The second kappa shape index (κ2) is 5.76. The van der Waals surface area contributed by atoms with Gasteiger partial charge in [-0.25, -0.2) is 0 Å². The Kier molecular flexibility index (Phi) is 4.07. The average molecular weight is 249 g/mol. The molecule has 0 bridgehead atoms. The van der Waals surface area contributed by atoms with Crippen molar-refractivity contribution in [3.05, 3.63) is 23.8 Å². The van der Waals surface area contributed by atoms with Crippen molar-refractivity contribution in [1.29, 1.82) is 0 Å². The molecule has 0 saturated heterocycles. The molecule has 0 atom stereocenters. The molecule has 1 aliphatic carbocycles. The fourth-order valence-corrected chi connectivity index (χ4v) is 2.29. The summed E-state index contributed by atoms with van der Waals surface area (Å²) < 4.78 is 5.87. The zero-order valence-electron chi connectivity index (χ0n) is 10.6. The predicted octanol–water partition coefficient (Wildman–Crippen LogP) is 2.46. The summed E-state index contributed by atoms with van der Waals surface area (Å²) >= 11 is 0. The molecule has 18 heavy (non-hydrogen) atoms. The van der Waals surface area contributed by atoms with Crippen LogP contribution in [-0.2, 0) is 0 Å². The molecule has 1 saturated carbocycles. The Morgan fingerprint density at radius 3 is 2.72 bits per heavy atom. The fourth-order valence-electron chi connectivity index (χ4n) is 2.29. The molecule has 1 aromatic rings. The SMILES string of the molecule is CNC(=O)c1ccc(O)cc1OC1CCCCC1. The second-order valence-corrected chi connectivity index (χ2v) is 4.64. The third-order valence-electron chi connectivity index (χ3n) is 3.28. The van der Waals surface area contributed by atoms with Crippen LogP contribution in [-0.4, -0.2) is 24.2 Å².